The van der Waals surface area contributed by atoms with E-state index in [0.29, 0.717) is 0 Å². The number of hydrogen-bond donors (Lipinski definition) is 9. The Labute approximate surface area is 964 Å². The Bertz CT molecular complexity index is 5900. The molecule has 654 valence electrons. The largest absolute Gasteiger partial charge is 1.00 e. The third-order valence-corrected chi connectivity index (χ3v) is 16.3. The van der Waals surface area contributed by atoms with Crippen LogP contribution >= 0.6 is 0 Å². The second kappa shape index (κ2) is 59.2. The predicted octanol–water partition coefficient (Wildman–Crippen LogP) is -31.4. The van der Waals surface area contributed by atoms with E-state index in [1.807, 2.05) is 0 Å². The van der Waals surface area contributed by atoms with Crippen molar-refractivity contribution in [2.45, 2.75) is 13.0 Å². The first-order valence-electron chi connectivity index (χ1n) is 35.7. The van der Waals surface area contributed by atoms with Gasteiger partial charge in [-0.2, -0.15) is 0 Å². The van der Waals surface area contributed by atoms with Crippen molar-refractivity contribution < 1.29 is 444 Å². The summed E-state index contributed by atoms with van der Waals surface area (Å²) in [5.74, 6) is -18.6. The van der Waals surface area contributed by atoms with Gasteiger partial charge in [-0.05, 0) is 116 Å². The molecule has 0 saturated carbocycles. The minimum Gasteiger partial charge on any atom is -0.546 e. The molecule has 0 spiro atoms. The molecule has 0 aliphatic rings. The number of benzene rings is 9. The van der Waals surface area contributed by atoms with Crippen LogP contribution in [0.2, 0.25) is 0 Å². The van der Waals surface area contributed by atoms with Crippen LogP contribution in [0.1, 0.15) is 6.92 Å². The van der Waals surface area contributed by atoms with E-state index in [9.17, 15) is 135 Å². The van der Waals surface area contributed by atoms with Gasteiger partial charge in [0.1, 0.15) is 162 Å². The van der Waals surface area contributed by atoms with Crippen LogP contribution in [0.5, 0.6) is 103 Å². The summed E-state index contributed by atoms with van der Waals surface area (Å²) in [6.45, 7) is -5.01. The van der Waals surface area contributed by atoms with Gasteiger partial charge in [0.2, 0.25) is 0 Å². The number of carbonyl (C=O) groups is 9. The molecule has 9 aromatic carbocycles. The molecular formula is C82H56N9Na9O36. The van der Waals surface area contributed by atoms with Crippen LogP contribution in [-0.2, 0) is 43.2 Å². The van der Waals surface area contributed by atoms with Crippen LogP contribution in [0.15, 0.2) is 164 Å². The zero-order valence-corrected chi connectivity index (χ0v) is 91.4. The Morgan fingerprint density at radius 3 is 0.529 bits per heavy atom. The van der Waals surface area contributed by atoms with Crippen molar-refractivity contribution in [1.82, 2.24) is 44.9 Å². The molecule has 9 N–H and O–H groups in total. The maximum Gasteiger partial charge on any atom is 1.00 e. The molecule has 0 radical (unpaired) electrons. The third kappa shape index (κ3) is 36.8. The maximum absolute atomic E-state index is 11.5. The average molecular weight is 1950 g/mol. The van der Waals surface area contributed by atoms with Crippen molar-refractivity contribution in [2.24, 2.45) is 0 Å². The summed E-state index contributed by atoms with van der Waals surface area (Å²) in [7, 11) is 0. The molecule has 1 unspecified atom stereocenters. The molecule has 136 heavy (non-hydrogen) atoms. The van der Waals surface area contributed by atoms with Crippen LogP contribution in [0.4, 0.5) is 0 Å². The number of hydrogen-bond acceptors (Lipinski definition) is 45. The minimum atomic E-state index is -1.59. The van der Waals surface area contributed by atoms with Crippen molar-refractivity contribution in [1.29, 1.82) is 0 Å². The first-order chi connectivity index (χ1) is 60.4. The number of carboxylic acids is 9. The van der Waals surface area contributed by atoms with E-state index in [-0.39, 0.29) is 443 Å². The van der Waals surface area contributed by atoms with Crippen molar-refractivity contribution >= 4 is 53.7 Å². The molecule has 0 aliphatic heterocycles. The number of aromatic nitrogens is 9. The monoisotopic (exact) mass is 1950 g/mol. The van der Waals surface area contributed by atoms with Crippen LogP contribution in [0.25, 0.3) is 102 Å². The fourth-order valence-corrected chi connectivity index (χ4v) is 10.7. The van der Waals surface area contributed by atoms with E-state index in [1.165, 1.54) is 122 Å². The van der Waals surface area contributed by atoms with Crippen molar-refractivity contribution in [3.63, 3.8) is 0 Å². The quantitative estimate of drug-likeness (QED) is 0.0165. The molecule has 12 rings (SSSR count). The van der Waals surface area contributed by atoms with Gasteiger partial charge in [-0.15, -0.1) is 0 Å². The Kier molecular flexibility index (Phi) is 54.2. The predicted molar refractivity (Wildman–Crippen MR) is 403 cm³/mol. The third-order valence-electron chi connectivity index (χ3n) is 16.3. The summed E-state index contributed by atoms with van der Waals surface area (Å²) in [6.07, 6.45) is -1.53. The van der Waals surface area contributed by atoms with Crippen molar-refractivity contribution in [2.75, 3.05) is 52.9 Å². The summed E-state index contributed by atoms with van der Waals surface area (Å²) >= 11 is 0. The molecule has 1 atom stereocenters. The van der Waals surface area contributed by atoms with E-state index in [1.54, 1.807) is 0 Å². The van der Waals surface area contributed by atoms with Gasteiger partial charge in [-0.3, -0.25) is 0 Å². The molecule has 0 amide bonds. The number of phenolic OH excluding ortho intramolecular Hbond substituents is 9. The summed E-state index contributed by atoms with van der Waals surface area (Å²) in [5.41, 5.74) is 0.296. The number of nitrogens with zero attached hydrogens (tertiary/aromatic N) is 9. The fraction of sp³-hybridized carbons (Fsp3) is 0.122. The molecule has 0 saturated heterocycles. The molecule has 3 heterocycles. The van der Waals surface area contributed by atoms with E-state index < -0.39 is 141 Å². The SMILES string of the molecule is CC(Oc1cc(OCC(=O)[O-])ccc1-c1nc(-c2ccc(OCC(=O)[O-])cc2O)nc(-c2ccc(OCC(=O)[O-])cc2O)n1)C(=O)[O-].O=C([O-])COc1ccc(-c2nc(-c3ccc(O)cc3O)nc(-c3ccc(OCC(=O)[O-])cc3O)n2)c(O)c1.O=C([O-])COc1ccc(-c2nc(-c3ccc(OCC(=O)[O-])cc3O)nc(-c3ccc(OCC(=O)[O-])cc3O)n2)c(O)c1.[Na+].[Na+].[Na+].[Na+].[Na+].[Na+].[Na+].[Na+].[Na+]. The van der Waals surface area contributed by atoms with Gasteiger partial charge >= 0.3 is 266 Å². The molecular weight excluding hydrogens is 1890 g/mol. The van der Waals surface area contributed by atoms with Gasteiger partial charge in [0.05, 0.1) is 104 Å². The van der Waals surface area contributed by atoms with Crippen LogP contribution in [0, 0.1) is 0 Å². The number of ether oxygens (including phenoxy) is 9. The maximum atomic E-state index is 11.5. The van der Waals surface area contributed by atoms with E-state index >= 15 is 0 Å². The Hall–Kier alpha value is -9.36. The summed E-state index contributed by atoms with van der Waals surface area (Å²) in [4.78, 5) is 136. The zero-order valence-electron chi connectivity index (χ0n) is 73.4. The first-order valence-corrected chi connectivity index (χ1v) is 35.7. The Balaban J connectivity index is 0.000000992. The van der Waals surface area contributed by atoms with Gasteiger partial charge < -0.3 is 178 Å². The topological polar surface area (TPSA) is 742 Å². The number of rotatable bonds is 36. The standard InChI is InChI=1S/C30H25N3O14.C27H21N3O12.C25H19N3O10.9Na/c1-14(30(42)43)47-23-10-17(46-13-26(40)41)4-7-20(23)29-32-27(18-5-2-15(8-21(18)34)44-11-24(36)37)31-28(33-29)19-6-3-16(9-22(19)35)45-12-25(38)39;31-19-7-13(40-10-22(34)35)1-4-16(19)25-28-26(17-5-2-14(8-20(17)32)41-11-23(36)37)30-27(29-25)18-6-3-15(9-21(18)33)42-12-24(38)39;29-12-1-4-15(18(30)7-12)23-26-24(16-5-2-13(8-19(16)31)37-10-21(33)34)28-25(27-23)17-6-3-14(9-20(17)32)38-11-22(35)36;;;;;;;;;/h2-10,14,34-35H,11-13H2,1H3,(H,36,37)(H,38,39)(H,40,41)(H,42,43);1-9,31-33H,10-12H2,(H,34,35)(H,36,37)(H,38,39);1-9,29-32H,10-11H2,(H,33,34)(H,35,36);;;;;;;;;/q;;;9*+1/p-9. The number of aromatic hydroxyl groups is 9. The van der Waals surface area contributed by atoms with Gasteiger partial charge in [0.25, 0.3) is 0 Å². The second-order valence-electron chi connectivity index (χ2n) is 25.4. The number of phenols is 9. The van der Waals surface area contributed by atoms with E-state index in [4.69, 9.17) is 42.6 Å². The molecule has 12 aromatic rings. The van der Waals surface area contributed by atoms with Gasteiger partial charge in [0, 0.05) is 54.6 Å². The van der Waals surface area contributed by atoms with Gasteiger partial charge in [-0.25, -0.2) is 44.9 Å². The minimum absolute atomic E-state index is 0. The summed E-state index contributed by atoms with van der Waals surface area (Å²) in [5, 5.41) is 192. The number of aliphatic carboxylic acids is 9. The molecule has 54 heteroatoms. The molecule has 0 bridgehead atoms. The van der Waals surface area contributed by atoms with Crippen molar-refractivity contribution in [3.05, 3.63) is 164 Å². The van der Waals surface area contributed by atoms with Gasteiger partial charge in [-0.1, -0.05) is 0 Å². The molecule has 3 aromatic heterocycles. The average Bonchev–Trinajstić information content (AvgIpc) is 0.786. The molecule has 45 nitrogen and oxygen atoms in total. The summed E-state index contributed by atoms with van der Waals surface area (Å²) < 4.78 is 45.7. The molecule has 0 fully saturated rings. The smallest absolute Gasteiger partial charge is 0.546 e. The van der Waals surface area contributed by atoms with Gasteiger partial charge in [0.15, 0.2) is 52.4 Å². The normalized spacial score (nSPS) is 10.1. The fourth-order valence-electron chi connectivity index (χ4n) is 10.7. The molecule has 0 aliphatic carbocycles. The van der Waals surface area contributed by atoms with Crippen LogP contribution in [0.3, 0.4) is 0 Å². The zero-order chi connectivity index (χ0) is 92.0. The van der Waals surface area contributed by atoms with E-state index in [2.05, 4.69) is 44.9 Å². The first kappa shape index (κ1) is 125. The van der Waals surface area contributed by atoms with Crippen molar-refractivity contribution in [3.8, 4) is 206 Å². The van der Waals surface area contributed by atoms with Crippen LogP contribution < -0.4 is 355 Å². The Morgan fingerprint density at radius 1 is 0.228 bits per heavy atom. The van der Waals surface area contributed by atoms with Crippen LogP contribution in [-0.4, -0.2) is 203 Å². The number of carbonyl (C=O) groups excluding carboxylic acids is 9. The number of carboxylic acid groups (broad SMARTS) is 9. The summed E-state index contributed by atoms with van der Waals surface area (Å²) in [6, 6.07) is 33.9. The Morgan fingerprint density at radius 2 is 0.375 bits per heavy atom. The van der Waals surface area contributed by atoms with E-state index in [0.717, 1.165) is 48.5 Å². The second-order valence-corrected chi connectivity index (χ2v) is 25.4.